The molecule has 0 bridgehead atoms. The molecule has 0 aliphatic rings. The molecule has 2 rings (SSSR count). The summed E-state index contributed by atoms with van der Waals surface area (Å²) in [7, 11) is 0. The highest BCUT2D eigenvalue weighted by Crippen LogP contribution is 2.21. The summed E-state index contributed by atoms with van der Waals surface area (Å²) in [5.74, 6) is -3.66. The number of halogens is 3. The standard InChI is InChI=1S/C12H10F3N3/c1-2-5-16-12-17-6-7-18(12)9-4-3-8(13)10(14)11(9)15/h2-4,6-7H,1,5H2,(H,16,17). The molecule has 0 atom stereocenters. The van der Waals surface area contributed by atoms with Gasteiger partial charge in [0.1, 0.15) is 0 Å². The minimum Gasteiger partial charge on any atom is -0.352 e. The lowest BCUT2D eigenvalue weighted by molar-refractivity contribution is 0.445. The SMILES string of the molecule is C=CCNc1nccn1-c1ccc(F)c(F)c1F. The van der Waals surface area contributed by atoms with E-state index in [9.17, 15) is 13.2 Å². The summed E-state index contributed by atoms with van der Waals surface area (Å²) < 4.78 is 40.9. The van der Waals surface area contributed by atoms with Gasteiger partial charge in [-0.15, -0.1) is 6.58 Å². The van der Waals surface area contributed by atoms with Gasteiger partial charge in [-0.05, 0) is 12.1 Å². The first-order valence-electron chi connectivity index (χ1n) is 5.17. The Bertz CT molecular complexity index is 578. The summed E-state index contributed by atoms with van der Waals surface area (Å²) in [4.78, 5) is 3.94. The van der Waals surface area contributed by atoms with E-state index in [2.05, 4.69) is 16.9 Å². The number of nitrogens with zero attached hydrogens (tertiary/aromatic N) is 2. The van der Waals surface area contributed by atoms with Gasteiger partial charge in [0.25, 0.3) is 0 Å². The lowest BCUT2D eigenvalue weighted by Gasteiger charge is -2.10. The summed E-state index contributed by atoms with van der Waals surface area (Å²) in [6.07, 6.45) is 4.47. The summed E-state index contributed by atoms with van der Waals surface area (Å²) in [6.45, 7) is 3.94. The van der Waals surface area contributed by atoms with Crippen LogP contribution in [0.2, 0.25) is 0 Å². The molecule has 1 N–H and O–H groups in total. The van der Waals surface area contributed by atoms with Crippen molar-refractivity contribution in [2.45, 2.75) is 0 Å². The van der Waals surface area contributed by atoms with Crippen LogP contribution in [0.15, 0.2) is 37.2 Å². The molecule has 1 aromatic carbocycles. The van der Waals surface area contributed by atoms with E-state index >= 15 is 0 Å². The minimum atomic E-state index is -1.50. The van der Waals surface area contributed by atoms with Gasteiger partial charge in [-0.25, -0.2) is 18.2 Å². The van der Waals surface area contributed by atoms with Crippen LogP contribution >= 0.6 is 0 Å². The molecule has 6 heteroatoms. The number of benzene rings is 1. The first kappa shape index (κ1) is 12.2. The molecule has 18 heavy (non-hydrogen) atoms. The van der Waals surface area contributed by atoms with Gasteiger partial charge in [0.05, 0.1) is 5.69 Å². The van der Waals surface area contributed by atoms with Crippen molar-refractivity contribution >= 4 is 5.95 Å². The molecule has 0 radical (unpaired) electrons. The van der Waals surface area contributed by atoms with E-state index in [-0.39, 0.29) is 5.69 Å². The fraction of sp³-hybridized carbons (Fsp3) is 0.0833. The summed E-state index contributed by atoms with van der Waals surface area (Å²) >= 11 is 0. The number of aromatic nitrogens is 2. The average Bonchev–Trinajstić information content (AvgIpc) is 2.82. The summed E-state index contributed by atoms with van der Waals surface area (Å²) in [5.41, 5.74) is -0.113. The smallest absolute Gasteiger partial charge is 0.207 e. The summed E-state index contributed by atoms with van der Waals surface area (Å²) in [5, 5.41) is 2.85. The van der Waals surface area contributed by atoms with Crippen molar-refractivity contribution in [2.24, 2.45) is 0 Å². The van der Waals surface area contributed by atoms with Crippen molar-refractivity contribution in [1.82, 2.24) is 9.55 Å². The van der Waals surface area contributed by atoms with Gasteiger partial charge >= 0.3 is 0 Å². The molecule has 94 valence electrons. The van der Waals surface area contributed by atoms with Crippen molar-refractivity contribution in [3.8, 4) is 5.69 Å². The van der Waals surface area contributed by atoms with Gasteiger partial charge in [0.15, 0.2) is 17.5 Å². The maximum absolute atomic E-state index is 13.6. The molecule has 0 amide bonds. The number of hydrogen-bond donors (Lipinski definition) is 1. The first-order chi connectivity index (χ1) is 8.65. The number of rotatable bonds is 4. The zero-order chi connectivity index (χ0) is 13.1. The average molecular weight is 253 g/mol. The Morgan fingerprint density at radius 1 is 1.28 bits per heavy atom. The van der Waals surface area contributed by atoms with Gasteiger partial charge in [0.2, 0.25) is 5.95 Å². The van der Waals surface area contributed by atoms with Crippen LogP contribution in [0, 0.1) is 17.5 Å². The Balaban J connectivity index is 2.46. The van der Waals surface area contributed by atoms with E-state index in [4.69, 9.17) is 0 Å². The third kappa shape index (κ3) is 2.09. The zero-order valence-electron chi connectivity index (χ0n) is 9.33. The second-order valence-electron chi connectivity index (χ2n) is 3.48. The largest absolute Gasteiger partial charge is 0.352 e. The minimum absolute atomic E-state index is 0.113. The molecule has 1 aromatic heterocycles. The summed E-state index contributed by atoms with van der Waals surface area (Å²) in [6, 6.07) is 2.01. The zero-order valence-corrected chi connectivity index (χ0v) is 9.33. The van der Waals surface area contributed by atoms with Crippen LogP contribution in [0.1, 0.15) is 0 Å². The third-order valence-electron chi connectivity index (χ3n) is 2.32. The van der Waals surface area contributed by atoms with Crippen molar-refractivity contribution in [3.63, 3.8) is 0 Å². The van der Waals surface area contributed by atoms with E-state index in [1.807, 2.05) is 0 Å². The van der Waals surface area contributed by atoms with Gasteiger partial charge in [-0.1, -0.05) is 6.08 Å². The van der Waals surface area contributed by atoms with E-state index in [1.165, 1.54) is 17.0 Å². The van der Waals surface area contributed by atoms with Crippen LogP contribution in [0.4, 0.5) is 19.1 Å². The predicted octanol–water partition coefficient (Wildman–Crippen LogP) is 2.89. The highest BCUT2D eigenvalue weighted by molar-refractivity contribution is 5.43. The van der Waals surface area contributed by atoms with Crippen LogP contribution in [0.3, 0.4) is 0 Å². The number of anilines is 1. The van der Waals surface area contributed by atoms with Crippen LogP contribution in [0.25, 0.3) is 5.69 Å². The lowest BCUT2D eigenvalue weighted by Crippen LogP contribution is -2.08. The van der Waals surface area contributed by atoms with Gasteiger partial charge < -0.3 is 5.32 Å². The van der Waals surface area contributed by atoms with E-state index in [0.29, 0.717) is 12.5 Å². The van der Waals surface area contributed by atoms with Crippen LogP contribution in [-0.4, -0.2) is 16.1 Å². The number of imidazole rings is 1. The molecule has 0 unspecified atom stereocenters. The molecule has 0 aliphatic heterocycles. The van der Waals surface area contributed by atoms with E-state index in [0.717, 1.165) is 12.1 Å². The molecular formula is C12H10F3N3. The van der Waals surface area contributed by atoms with E-state index < -0.39 is 17.5 Å². The molecule has 0 saturated carbocycles. The van der Waals surface area contributed by atoms with Crippen molar-refractivity contribution < 1.29 is 13.2 Å². The molecule has 0 fully saturated rings. The van der Waals surface area contributed by atoms with Gasteiger partial charge in [0, 0.05) is 18.9 Å². The quantitative estimate of drug-likeness (QED) is 0.670. The highest BCUT2D eigenvalue weighted by Gasteiger charge is 2.16. The van der Waals surface area contributed by atoms with Crippen LogP contribution < -0.4 is 5.32 Å². The van der Waals surface area contributed by atoms with Crippen molar-refractivity contribution in [2.75, 3.05) is 11.9 Å². The second kappa shape index (κ2) is 4.95. The Morgan fingerprint density at radius 3 is 2.78 bits per heavy atom. The fourth-order valence-electron chi connectivity index (χ4n) is 1.49. The van der Waals surface area contributed by atoms with Crippen molar-refractivity contribution in [3.05, 3.63) is 54.6 Å². The van der Waals surface area contributed by atoms with Crippen LogP contribution in [0.5, 0.6) is 0 Å². The molecule has 0 aliphatic carbocycles. The Morgan fingerprint density at radius 2 is 2.06 bits per heavy atom. The topological polar surface area (TPSA) is 29.9 Å². The maximum atomic E-state index is 13.6. The number of hydrogen-bond acceptors (Lipinski definition) is 2. The third-order valence-corrected chi connectivity index (χ3v) is 2.32. The fourth-order valence-corrected chi connectivity index (χ4v) is 1.49. The molecule has 2 aromatic rings. The van der Waals surface area contributed by atoms with Crippen LogP contribution in [-0.2, 0) is 0 Å². The molecule has 0 spiro atoms. The molecule has 0 saturated heterocycles. The van der Waals surface area contributed by atoms with E-state index in [1.54, 1.807) is 6.08 Å². The Labute approximate surface area is 102 Å². The molecular weight excluding hydrogens is 243 g/mol. The molecule has 3 nitrogen and oxygen atoms in total. The normalized spacial score (nSPS) is 10.4. The number of nitrogens with one attached hydrogen (secondary N) is 1. The second-order valence-corrected chi connectivity index (χ2v) is 3.48. The molecule has 1 heterocycles. The monoisotopic (exact) mass is 253 g/mol. The Hall–Kier alpha value is -2.24. The predicted molar refractivity (Wildman–Crippen MR) is 62.1 cm³/mol. The lowest BCUT2D eigenvalue weighted by atomic mass is 10.3. The highest BCUT2D eigenvalue weighted by atomic mass is 19.2. The first-order valence-corrected chi connectivity index (χ1v) is 5.17. The van der Waals surface area contributed by atoms with Gasteiger partial charge in [-0.2, -0.15) is 0 Å². The Kier molecular flexibility index (Phi) is 3.36. The maximum Gasteiger partial charge on any atom is 0.207 e. The van der Waals surface area contributed by atoms with Gasteiger partial charge in [-0.3, -0.25) is 4.57 Å². The van der Waals surface area contributed by atoms with Crippen molar-refractivity contribution in [1.29, 1.82) is 0 Å².